The van der Waals surface area contributed by atoms with Crippen LogP contribution in [0.3, 0.4) is 0 Å². The Hall–Kier alpha value is -1.33. The van der Waals surface area contributed by atoms with Gasteiger partial charge in [0.05, 0.1) is 16.2 Å². The van der Waals surface area contributed by atoms with Crippen molar-refractivity contribution in [2.75, 3.05) is 5.75 Å². The van der Waals surface area contributed by atoms with Crippen LogP contribution in [-0.4, -0.2) is 25.2 Å². The van der Waals surface area contributed by atoms with Crippen LogP contribution in [0.4, 0.5) is 0 Å². The molecular weight excluding hydrogens is 264 g/mol. The van der Waals surface area contributed by atoms with Crippen LogP contribution in [0.15, 0.2) is 29.7 Å². The van der Waals surface area contributed by atoms with Gasteiger partial charge in [0.1, 0.15) is 0 Å². The van der Waals surface area contributed by atoms with E-state index in [4.69, 9.17) is 16.7 Å². The Balaban J connectivity index is 3.55. The molecule has 1 aromatic carbocycles. The fourth-order valence-electron chi connectivity index (χ4n) is 1.44. The smallest absolute Gasteiger partial charge is 0.336 e. The molecule has 0 atom stereocenters. The van der Waals surface area contributed by atoms with E-state index in [0.29, 0.717) is 0 Å². The van der Waals surface area contributed by atoms with Crippen molar-refractivity contribution in [1.29, 1.82) is 0 Å². The monoisotopic (exact) mass is 274 g/mol. The van der Waals surface area contributed by atoms with Crippen molar-refractivity contribution >= 4 is 27.4 Å². The van der Waals surface area contributed by atoms with Crippen molar-refractivity contribution in [2.45, 2.75) is 11.8 Å². The number of carbonyl (C=O) groups is 1. The number of sulfone groups is 1. The van der Waals surface area contributed by atoms with E-state index in [9.17, 15) is 13.2 Å². The van der Waals surface area contributed by atoms with Crippen molar-refractivity contribution in [3.05, 3.63) is 40.9 Å². The highest BCUT2D eigenvalue weighted by molar-refractivity contribution is 7.91. The second kappa shape index (κ2) is 4.89. The third-order valence-electron chi connectivity index (χ3n) is 2.23. The highest BCUT2D eigenvalue weighted by Gasteiger charge is 2.21. The molecule has 0 aromatic heterocycles. The Morgan fingerprint density at radius 2 is 2.12 bits per heavy atom. The van der Waals surface area contributed by atoms with Gasteiger partial charge in [-0.15, -0.1) is 6.58 Å². The lowest BCUT2D eigenvalue weighted by molar-refractivity contribution is 0.0696. The molecule has 0 radical (unpaired) electrons. The first-order valence-electron chi connectivity index (χ1n) is 4.66. The molecule has 0 aliphatic carbocycles. The summed E-state index contributed by atoms with van der Waals surface area (Å²) in [6.07, 6.45) is 1.25. The molecule has 0 saturated carbocycles. The van der Waals surface area contributed by atoms with E-state index in [1.807, 2.05) is 0 Å². The molecule has 6 heteroatoms. The predicted octanol–water partition coefficient (Wildman–Crippen LogP) is 2.31. The minimum atomic E-state index is -3.59. The van der Waals surface area contributed by atoms with Crippen LogP contribution in [0, 0.1) is 6.92 Å². The lowest BCUT2D eigenvalue weighted by Gasteiger charge is -2.09. The SMILES string of the molecule is C=CCS(=O)(=O)c1cc(Cl)cc(C(=O)O)c1C. The molecule has 0 fully saturated rings. The normalized spacial score (nSPS) is 11.2. The van der Waals surface area contributed by atoms with Crippen molar-refractivity contribution in [2.24, 2.45) is 0 Å². The van der Waals surface area contributed by atoms with Crippen LogP contribution >= 0.6 is 11.6 Å². The average Bonchev–Trinajstić information content (AvgIpc) is 2.20. The number of halogens is 1. The molecule has 0 heterocycles. The molecule has 0 saturated heterocycles. The van der Waals surface area contributed by atoms with E-state index in [1.165, 1.54) is 25.1 Å². The minimum absolute atomic E-state index is 0.0673. The summed E-state index contributed by atoms with van der Waals surface area (Å²) in [4.78, 5) is 10.9. The van der Waals surface area contributed by atoms with Crippen molar-refractivity contribution in [3.8, 4) is 0 Å². The van der Waals surface area contributed by atoms with Gasteiger partial charge in [-0.3, -0.25) is 0 Å². The summed E-state index contributed by atoms with van der Waals surface area (Å²) >= 11 is 5.72. The molecule has 0 aliphatic heterocycles. The van der Waals surface area contributed by atoms with Gasteiger partial charge in [0.2, 0.25) is 0 Å². The summed E-state index contributed by atoms with van der Waals surface area (Å²) in [5.74, 6) is -1.46. The lowest BCUT2D eigenvalue weighted by atomic mass is 10.1. The Kier molecular flexibility index (Phi) is 3.95. The number of aromatic carboxylic acids is 1. The van der Waals surface area contributed by atoms with Gasteiger partial charge in [0.25, 0.3) is 0 Å². The van der Waals surface area contributed by atoms with Crippen molar-refractivity contribution in [3.63, 3.8) is 0 Å². The highest BCUT2D eigenvalue weighted by Crippen LogP contribution is 2.25. The third-order valence-corrected chi connectivity index (χ3v) is 4.21. The number of hydrogen-bond acceptors (Lipinski definition) is 3. The second-order valence-electron chi connectivity index (χ2n) is 3.45. The highest BCUT2D eigenvalue weighted by atomic mass is 35.5. The van der Waals surface area contributed by atoms with E-state index in [1.54, 1.807) is 0 Å². The Labute approximate surface area is 104 Å². The average molecular weight is 275 g/mol. The molecule has 1 N–H and O–H groups in total. The zero-order chi connectivity index (χ0) is 13.2. The van der Waals surface area contributed by atoms with Gasteiger partial charge in [-0.2, -0.15) is 0 Å². The first-order valence-corrected chi connectivity index (χ1v) is 6.69. The standard InChI is InChI=1S/C11H11ClO4S/c1-3-4-17(15,16)10-6-8(12)5-9(7(10)2)11(13)14/h3,5-6H,1,4H2,2H3,(H,13,14). The molecular formula is C11H11ClO4S. The molecule has 4 nitrogen and oxygen atoms in total. The van der Waals surface area contributed by atoms with Gasteiger partial charge >= 0.3 is 5.97 Å². The molecule has 0 aliphatic rings. The molecule has 1 aromatic rings. The van der Waals surface area contributed by atoms with Crippen LogP contribution in [0.5, 0.6) is 0 Å². The van der Waals surface area contributed by atoms with Gasteiger partial charge in [0.15, 0.2) is 9.84 Å². The van der Waals surface area contributed by atoms with Gasteiger partial charge in [0, 0.05) is 5.02 Å². The Morgan fingerprint density at radius 3 is 2.59 bits per heavy atom. The first kappa shape index (κ1) is 13.7. The zero-order valence-corrected chi connectivity index (χ0v) is 10.7. The van der Waals surface area contributed by atoms with E-state index < -0.39 is 15.8 Å². The summed E-state index contributed by atoms with van der Waals surface area (Å²) in [6.45, 7) is 4.79. The summed E-state index contributed by atoms with van der Waals surface area (Å²) in [7, 11) is -3.59. The number of carboxylic acids is 1. The van der Waals surface area contributed by atoms with E-state index in [0.717, 1.165) is 0 Å². The largest absolute Gasteiger partial charge is 0.478 e. The maximum atomic E-state index is 11.9. The number of rotatable bonds is 4. The van der Waals surface area contributed by atoms with Gasteiger partial charge in [-0.05, 0) is 24.6 Å². The first-order chi connectivity index (χ1) is 7.79. The fourth-order valence-corrected chi connectivity index (χ4v) is 3.10. The van der Waals surface area contributed by atoms with Crippen LogP contribution < -0.4 is 0 Å². The maximum Gasteiger partial charge on any atom is 0.336 e. The van der Waals surface area contributed by atoms with E-state index in [-0.39, 0.29) is 26.8 Å². The van der Waals surface area contributed by atoms with Crippen molar-refractivity contribution < 1.29 is 18.3 Å². The number of carboxylic acid groups (broad SMARTS) is 1. The molecule has 0 amide bonds. The maximum absolute atomic E-state index is 11.9. The molecule has 1 rings (SSSR count). The van der Waals surface area contributed by atoms with Crippen LogP contribution in [0.1, 0.15) is 15.9 Å². The van der Waals surface area contributed by atoms with Gasteiger partial charge in [-0.1, -0.05) is 17.7 Å². The van der Waals surface area contributed by atoms with Gasteiger partial charge in [-0.25, -0.2) is 13.2 Å². The van der Waals surface area contributed by atoms with Crippen LogP contribution in [-0.2, 0) is 9.84 Å². The molecule has 92 valence electrons. The van der Waals surface area contributed by atoms with Gasteiger partial charge < -0.3 is 5.11 Å². The van der Waals surface area contributed by atoms with E-state index >= 15 is 0 Å². The molecule has 0 bridgehead atoms. The summed E-state index contributed by atoms with van der Waals surface area (Å²) in [5.41, 5.74) is 0.0730. The topological polar surface area (TPSA) is 71.4 Å². The second-order valence-corrected chi connectivity index (χ2v) is 5.89. The van der Waals surface area contributed by atoms with E-state index in [2.05, 4.69) is 6.58 Å². The summed E-state index contributed by atoms with van der Waals surface area (Å²) in [5, 5.41) is 9.02. The summed E-state index contributed by atoms with van der Waals surface area (Å²) < 4.78 is 23.7. The minimum Gasteiger partial charge on any atom is -0.478 e. The van der Waals surface area contributed by atoms with Crippen LogP contribution in [0.2, 0.25) is 5.02 Å². The Morgan fingerprint density at radius 1 is 1.53 bits per heavy atom. The quantitative estimate of drug-likeness (QED) is 0.855. The third kappa shape index (κ3) is 2.87. The van der Waals surface area contributed by atoms with Crippen LogP contribution in [0.25, 0.3) is 0 Å². The summed E-state index contributed by atoms with van der Waals surface area (Å²) in [6, 6.07) is 2.48. The van der Waals surface area contributed by atoms with Crippen molar-refractivity contribution in [1.82, 2.24) is 0 Å². The zero-order valence-electron chi connectivity index (χ0n) is 9.10. The molecule has 0 unspecified atom stereocenters. The number of benzene rings is 1. The number of hydrogen-bond donors (Lipinski definition) is 1. The fraction of sp³-hybridized carbons (Fsp3) is 0.182. The Bertz CT molecular complexity index is 575. The lowest BCUT2D eigenvalue weighted by Crippen LogP contribution is -2.10. The molecule has 17 heavy (non-hydrogen) atoms. The molecule has 0 spiro atoms. The predicted molar refractivity (Wildman–Crippen MR) is 65.4 cm³/mol.